The fourth-order valence-corrected chi connectivity index (χ4v) is 7.33. The molecule has 0 aliphatic carbocycles. The standard InChI is InChI=1S/C33H36N6O7S2/c1-22(2)19-39(28(15-23-7-5-4-6-8-23)29(40)18-36-33(42)45-20-25-17-35-21-47-25)48(43,44)26-9-10-27-30(16-26)46-32(37-27)38(3)31(41)24-11-13-34-14-12-24/h4-14,16-17,21-22,28-29,40H,15,18-20H2,1-3H3,(H,36,42). The largest absolute Gasteiger partial charge is 0.444 e. The number of anilines is 1. The summed E-state index contributed by atoms with van der Waals surface area (Å²) in [5.41, 5.74) is 3.33. The van der Waals surface area contributed by atoms with Gasteiger partial charge in [0, 0.05) is 50.4 Å². The molecule has 2 aromatic carbocycles. The van der Waals surface area contributed by atoms with Crippen LogP contribution in [0.3, 0.4) is 0 Å². The molecular formula is C33H36N6O7S2. The number of aliphatic hydroxyl groups is 1. The smallest absolute Gasteiger partial charge is 0.407 e. The van der Waals surface area contributed by atoms with Crippen LogP contribution in [0.5, 0.6) is 0 Å². The van der Waals surface area contributed by atoms with Crippen LogP contribution in [0.25, 0.3) is 11.1 Å². The van der Waals surface area contributed by atoms with Crippen molar-refractivity contribution in [3.05, 3.63) is 101 Å². The SMILES string of the molecule is CC(C)CN(C(Cc1ccccc1)C(O)CNC(=O)OCc1cncs1)S(=O)(=O)c1ccc2nc(N(C)C(=O)c3ccncc3)oc2c1. The van der Waals surface area contributed by atoms with Gasteiger partial charge in [-0.3, -0.25) is 19.7 Å². The van der Waals surface area contributed by atoms with E-state index < -0.39 is 28.3 Å². The summed E-state index contributed by atoms with van der Waals surface area (Å²) in [4.78, 5) is 39.6. The summed E-state index contributed by atoms with van der Waals surface area (Å²) in [6.45, 7) is 3.60. The van der Waals surface area contributed by atoms with Crippen LogP contribution in [0.2, 0.25) is 0 Å². The highest BCUT2D eigenvalue weighted by molar-refractivity contribution is 7.89. The first-order valence-electron chi connectivity index (χ1n) is 15.1. The molecular weight excluding hydrogens is 657 g/mol. The number of fused-ring (bicyclic) bond motifs is 1. The molecule has 2 amide bonds. The highest BCUT2D eigenvalue weighted by Crippen LogP contribution is 2.29. The van der Waals surface area contributed by atoms with Crippen LogP contribution in [0.4, 0.5) is 10.8 Å². The van der Waals surface area contributed by atoms with Gasteiger partial charge in [-0.1, -0.05) is 44.2 Å². The van der Waals surface area contributed by atoms with Crippen molar-refractivity contribution in [2.75, 3.05) is 25.0 Å². The fraction of sp³-hybridized carbons (Fsp3) is 0.303. The van der Waals surface area contributed by atoms with E-state index in [2.05, 4.69) is 20.3 Å². The van der Waals surface area contributed by atoms with Crippen molar-refractivity contribution in [2.24, 2.45) is 5.92 Å². The number of pyridine rings is 1. The molecule has 2 N–H and O–H groups in total. The Kier molecular flexibility index (Phi) is 11.2. The Morgan fingerprint density at radius 2 is 1.81 bits per heavy atom. The molecule has 13 nitrogen and oxygen atoms in total. The number of nitrogens with zero attached hydrogens (tertiary/aromatic N) is 5. The van der Waals surface area contributed by atoms with Crippen LogP contribution in [0.1, 0.15) is 34.6 Å². The minimum Gasteiger partial charge on any atom is -0.444 e. The first-order chi connectivity index (χ1) is 23.0. The number of ether oxygens (including phenoxy) is 1. The summed E-state index contributed by atoms with van der Waals surface area (Å²) >= 11 is 1.34. The maximum atomic E-state index is 14.4. The summed E-state index contributed by atoms with van der Waals surface area (Å²) in [5, 5.41) is 14.1. The molecule has 48 heavy (non-hydrogen) atoms. The van der Waals surface area contributed by atoms with Crippen molar-refractivity contribution in [2.45, 2.75) is 43.9 Å². The molecule has 0 aliphatic heterocycles. The Balaban J connectivity index is 1.42. The summed E-state index contributed by atoms with van der Waals surface area (Å²) in [6.07, 6.45) is 2.71. The van der Waals surface area contributed by atoms with Crippen LogP contribution in [0, 0.1) is 5.92 Å². The number of carbonyl (C=O) groups excluding carboxylic acids is 2. The lowest BCUT2D eigenvalue weighted by Crippen LogP contribution is -2.52. The number of sulfonamides is 1. The Hall–Kier alpha value is -4.70. The minimum absolute atomic E-state index is 0.00826. The number of aliphatic hydroxyl groups excluding tert-OH is 1. The van der Waals surface area contributed by atoms with Crippen molar-refractivity contribution in [3.63, 3.8) is 0 Å². The molecule has 252 valence electrons. The van der Waals surface area contributed by atoms with E-state index in [9.17, 15) is 23.1 Å². The third kappa shape index (κ3) is 8.41. The van der Waals surface area contributed by atoms with Gasteiger partial charge in [0.2, 0.25) is 10.0 Å². The molecule has 5 rings (SSSR count). The second-order valence-electron chi connectivity index (χ2n) is 11.4. The number of oxazole rings is 1. The molecule has 15 heteroatoms. The monoisotopic (exact) mass is 692 g/mol. The lowest BCUT2D eigenvalue weighted by molar-refractivity contribution is 0.0786. The highest BCUT2D eigenvalue weighted by atomic mass is 32.2. The molecule has 0 spiro atoms. The second-order valence-corrected chi connectivity index (χ2v) is 14.3. The van der Waals surface area contributed by atoms with E-state index in [1.54, 1.807) is 23.8 Å². The molecule has 0 bridgehead atoms. The van der Waals surface area contributed by atoms with Crippen LogP contribution < -0.4 is 10.2 Å². The molecule has 2 atom stereocenters. The van der Waals surface area contributed by atoms with Gasteiger partial charge >= 0.3 is 12.1 Å². The number of hydrogen-bond donors (Lipinski definition) is 2. The first-order valence-corrected chi connectivity index (χ1v) is 17.5. The number of carbonyl (C=O) groups is 2. The zero-order valence-electron chi connectivity index (χ0n) is 26.6. The molecule has 0 saturated heterocycles. The van der Waals surface area contributed by atoms with E-state index in [1.165, 1.54) is 58.2 Å². The van der Waals surface area contributed by atoms with E-state index in [0.29, 0.717) is 11.1 Å². The topological polar surface area (TPSA) is 168 Å². The van der Waals surface area contributed by atoms with E-state index >= 15 is 0 Å². The van der Waals surface area contributed by atoms with Crippen molar-refractivity contribution >= 4 is 50.5 Å². The third-order valence-electron chi connectivity index (χ3n) is 7.41. The Morgan fingerprint density at radius 3 is 2.50 bits per heavy atom. The molecule has 3 aromatic heterocycles. The number of aromatic nitrogens is 3. The van der Waals surface area contributed by atoms with Gasteiger partial charge in [0.15, 0.2) is 5.58 Å². The van der Waals surface area contributed by atoms with Gasteiger partial charge in [-0.05, 0) is 42.2 Å². The molecule has 2 unspecified atom stereocenters. The Labute approximate surface area is 282 Å². The van der Waals surface area contributed by atoms with Crippen LogP contribution in [-0.4, -0.2) is 77.1 Å². The number of nitrogens with one attached hydrogen (secondary N) is 1. The Morgan fingerprint density at radius 1 is 1.06 bits per heavy atom. The number of alkyl carbamates (subject to hydrolysis) is 1. The van der Waals surface area contributed by atoms with Gasteiger partial charge in [-0.25, -0.2) is 13.2 Å². The molecule has 0 aliphatic rings. The van der Waals surface area contributed by atoms with Gasteiger partial charge in [-0.15, -0.1) is 11.3 Å². The number of benzene rings is 2. The highest BCUT2D eigenvalue weighted by Gasteiger charge is 2.37. The van der Waals surface area contributed by atoms with Crippen molar-refractivity contribution in [1.82, 2.24) is 24.6 Å². The van der Waals surface area contributed by atoms with Crippen LogP contribution >= 0.6 is 11.3 Å². The average Bonchev–Trinajstić information content (AvgIpc) is 3.78. The lowest BCUT2D eigenvalue weighted by Gasteiger charge is -2.35. The summed E-state index contributed by atoms with van der Waals surface area (Å²) in [6, 6.07) is 15.7. The maximum absolute atomic E-state index is 14.4. The number of hydrogen-bond acceptors (Lipinski definition) is 11. The van der Waals surface area contributed by atoms with E-state index in [0.717, 1.165) is 10.4 Å². The van der Waals surface area contributed by atoms with E-state index in [-0.39, 0.29) is 54.4 Å². The summed E-state index contributed by atoms with van der Waals surface area (Å²) in [5.74, 6) is -0.491. The molecule has 5 aromatic rings. The van der Waals surface area contributed by atoms with Gasteiger partial charge in [0.1, 0.15) is 12.1 Å². The zero-order chi connectivity index (χ0) is 34.3. The average molecular weight is 693 g/mol. The van der Waals surface area contributed by atoms with E-state index in [1.807, 2.05) is 44.2 Å². The van der Waals surface area contributed by atoms with Crippen molar-refractivity contribution in [1.29, 1.82) is 0 Å². The number of amides is 2. The molecule has 0 saturated carbocycles. The quantitative estimate of drug-likeness (QED) is 0.169. The third-order valence-corrected chi connectivity index (χ3v) is 10.0. The fourth-order valence-electron chi connectivity index (χ4n) is 4.99. The van der Waals surface area contributed by atoms with Gasteiger partial charge in [0.05, 0.1) is 27.4 Å². The predicted molar refractivity (Wildman–Crippen MR) is 180 cm³/mol. The maximum Gasteiger partial charge on any atom is 0.407 e. The van der Waals surface area contributed by atoms with Crippen molar-refractivity contribution < 1.29 is 32.3 Å². The predicted octanol–water partition coefficient (Wildman–Crippen LogP) is 4.50. The van der Waals surface area contributed by atoms with Gasteiger partial charge in [0.25, 0.3) is 5.91 Å². The molecule has 3 heterocycles. The van der Waals surface area contributed by atoms with E-state index in [4.69, 9.17) is 9.15 Å². The minimum atomic E-state index is -4.25. The second kappa shape index (κ2) is 15.5. The number of thiazole rings is 1. The lowest BCUT2D eigenvalue weighted by atomic mass is 10.0. The van der Waals surface area contributed by atoms with Crippen LogP contribution in [0.15, 0.2) is 94.1 Å². The summed E-state index contributed by atoms with van der Waals surface area (Å²) in [7, 11) is -2.74. The van der Waals surface area contributed by atoms with Crippen molar-refractivity contribution in [3.8, 4) is 0 Å². The Bertz CT molecular complexity index is 1920. The molecule has 0 radical (unpaired) electrons. The molecule has 0 fully saturated rings. The van der Waals surface area contributed by atoms with Gasteiger partial charge in [-0.2, -0.15) is 9.29 Å². The first kappa shape index (κ1) is 34.6. The zero-order valence-corrected chi connectivity index (χ0v) is 28.2. The van der Waals surface area contributed by atoms with Gasteiger partial charge < -0.3 is 19.6 Å². The summed E-state index contributed by atoms with van der Waals surface area (Å²) < 4.78 is 41.2. The van der Waals surface area contributed by atoms with Crippen LogP contribution in [-0.2, 0) is 27.8 Å². The number of rotatable bonds is 14. The normalized spacial score (nSPS) is 13.0.